The molecule has 1 fully saturated rings. The van der Waals surface area contributed by atoms with E-state index in [1.54, 1.807) is 0 Å². The Labute approximate surface area is 114 Å². The van der Waals surface area contributed by atoms with E-state index in [9.17, 15) is 0 Å². The minimum absolute atomic E-state index is 0.611. The van der Waals surface area contributed by atoms with Gasteiger partial charge in [-0.2, -0.15) is 0 Å². The van der Waals surface area contributed by atoms with Gasteiger partial charge in [-0.1, -0.05) is 5.16 Å². The van der Waals surface area contributed by atoms with Crippen LogP contribution in [-0.2, 0) is 0 Å². The molecule has 1 aliphatic rings. The van der Waals surface area contributed by atoms with E-state index in [1.165, 1.54) is 6.21 Å². The van der Waals surface area contributed by atoms with Crippen LogP contribution < -0.4 is 4.90 Å². The van der Waals surface area contributed by atoms with Gasteiger partial charge < -0.3 is 10.1 Å². The molecule has 0 radical (unpaired) electrons. The van der Waals surface area contributed by atoms with Crippen molar-refractivity contribution in [3.63, 3.8) is 0 Å². The van der Waals surface area contributed by atoms with Crippen LogP contribution in [0.1, 0.15) is 25.1 Å². The van der Waals surface area contributed by atoms with Gasteiger partial charge in [0.1, 0.15) is 5.82 Å². The van der Waals surface area contributed by atoms with Crippen molar-refractivity contribution in [2.45, 2.75) is 26.8 Å². The molecular formula is C14H22N4O. The van der Waals surface area contributed by atoms with Crippen LogP contribution in [0.15, 0.2) is 17.3 Å². The molecular weight excluding hydrogens is 240 g/mol. The first kappa shape index (κ1) is 13.8. The summed E-state index contributed by atoms with van der Waals surface area (Å²) in [5.41, 5.74) is 1.74. The average molecular weight is 262 g/mol. The van der Waals surface area contributed by atoms with Gasteiger partial charge in [-0.3, -0.25) is 4.90 Å². The Bertz CT molecular complexity index is 451. The van der Waals surface area contributed by atoms with E-state index in [1.807, 2.05) is 19.1 Å². The third kappa shape index (κ3) is 3.23. The molecule has 0 amide bonds. The summed E-state index contributed by atoms with van der Waals surface area (Å²) in [5.74, 6) is 1.01. The molecule has 5 heteroatoms. The number of rotatable bonds is 3. The molecule has 19 heavy (non-hydrogen) atoms. The molecule has 2 heterocycles. The zero-order chi connectivity index (χ0) is 13.8. The second-order valence-electron chi connectivity index (χ2n) is 5.21. The van der Waals surface area contributed by atoms with Crippen LogP contribution in [0.2, 0.25) is 0 Å². The largest absolute Gasteiger partial charge is 0.411 e. The van der Waals surface area contributed by atoms with Crippen molar-refractivity contribution >= 4 is 12.0 Å². The van der Waals surface area contributed by atoms with Crippen molar-refractivity contribution in [2.75, 3.05) is 31.1 Å². The van der Waals surface area contributed by atoms with E-state index >= 15 is 0 Å². The van der Waals surface area contributed by atoms with Crippen LogP contribution in [-0.4, -0.2) is 53.5 Å². The van der Waals surface area contributed by atoms with Gasteiger partial charge in [0, 0.05) is 43.5 Å². The molecule has 104 valence electrons. The molecule has 0 unspecified atom stereocenters. The molecule has 1 aromatic rings. The lowest BCUT2D eigenvalue weighted by Gasteiger charge is -2.37. The predicted octanol–water partition coefficient (Wildman–Crippen LogP) is 1.73. The molecule has 0 bridgehead atoms. The van der Waals surface area contributed by atoms with Gasteiger partial charge in [0.15, 0.2) is 0 Å². The fourth-order valence-corrected chi connectivity index (χ4v) is 2.40. The molecule has 1 aliphatic heterocycles. The average Bonchev–Trinajstić information content (AvgIpc) is 2.41. The van der Waals surface area contributed by atoms with E-state index in [0.717, 1.165) is 43.3 Å². The van der Waals surface area contributed by atoms with Gasteiger partial charge >= 0.3 is 0 Å². The van der Waals surface area contributed by atoms with E-state index < -0.39 is 0 Å². The molecule has 0 saturated carbocycles. The molecule has 0 aromatic carbocycles. The number of hydrogen-bond donors (Lipinski definition) is 1. The van der Waals surface area contributed by atoms with Gasteiger partial charge in [0.05, 0.1) is 6.21 Å². The summed E-state index contributed by atoms with van der Waals surface area (Å²) >= 11 is 0. The number of aryl methyl sites for hydroxylation is 1. The van der Waals surface area contributed by atoms with E-state index in [-0.39, 0.29) is 0 Å². The zero-order valence-corrected chi connectivity index (χ0v) is 11.9. The molecule has 1 N–H and O–H groups in total. The van der Waals surface area contributed by atoms with Crippen molar-refractivity contribution in [1.82, 2.24) is 9.88 Å². The van der Waals surface area contributed by atoms with Crippen LogP contribution in [0.4, 0.5) is 5.82 Å². The molecule has 2 rings (SSSR count). The van der Waals surface area contributed by atoms with Crippen LogP contribution in [0.3, 0.4) is 0 Å². The number of aromatic nitrogens is 1. The Morgan fingerprint density at radius 2 is 1.95 bits per heavy atom. The van der Waals surface area contributed by atoms with Crippen LogP contribution >= 0.6 is 0 Å². The summed E-state index contributed by atoms with van der Waals surface area (Å²) in [5, 5.41) is 11.6. The Hall–Kier alpha value is -1.62. The van der Waals surface area contributed by atoms with Crippen molar-refractivity contribution in [2.24, 2.45) is 5.16 Å². The molecule has 5 nitrogen and oxygen atoms in total. The first-order valence-electron chi connectivity index (χ1n) is 6.76. The van der Waals surface area contributed by atoms with Crippen molar-refractivity contribution in [3.05, 3.63) is 23.4 Å². The lowest BCUT2D eigenvalue weighted by atomic mass is 10.2. The Balaban J connectivity index is 2.06. The van der Waals surface area contributed by atoms with Crippen LogP contribution in [0.25, 0.3) is 0 Å². The van der Waals surface area contributed by atoms with E-state index in [0.29, 0.717) is 6.04 Å². The summed E-state index contributed by atoms with van der Waals surface area (Å²) in [6, 6.07) is 4.56. The molecule has 0 spiro atoms. The summed E-state index contributed by atoms with van der Waals surface area (Å²) in [6.45, 7) is 10.6. The zero-order valence-electron chi connectivity index (χ0n) is 11.9. The highest BCUT2D eigenvalue weighted by atomic mass is 16.4. The lowest BCUT2D eigenvalue weighted by molar-refractivity contribution is 0.209. The van der Waals surface area contributed by atoms with Crippen LogP contribution in [0.5, 0.6) is 0 Å². The van der Waals surface area contributed by atoms with Crippen molar-refractivity contribution in [1.29, 1.82) is 0 Å². The smallest absolute Gasteiger partial charge is 0.128 e. The summed E-state index contributed by atoms with van der Waals surface area (Å²) in [4.78, 5) is 9.38. The SMILES string of the molecule is Cc1nc(N2CCN(C(C)C)CC2)ccc1/C=N\O. The second-order valence-corrected chi connectivity index (χ2v) is 5.21. The van der Waals surface area contributed by atoms with Crippen LogP contribution in [0, 0.1) is 6.92 Å². The monoisotopic (exact) mass is 262 g/mol. The molecule has 1 saturated heterocycles. The van der Waals surface area contributed by atoms with E-state index in [2.05, 4.69) is 33.8 Å². The number of pyridine rings is 1. The third-order valence-electron chi connectivity index (χ3n) is 3.68. The topological polar surface area (TPSA) is 52.0 Å². The Kier molecular flexibility index (Phi) is 4.37. The molecule has 1 aromatic heterocycles. The van der Waals surface area contributed by atoms with Crippen molar-refractivity contribution in [3.8, 4) is 0 Å². The highest BCUT2D eigenvalue weighted by Gasteiger charge is 2.19. The summed E-state index contributed by atoms with van der Waals surface area (Å²) in [6.07, 6.45) is 1.42. The van der Waals surface area contributed by atoms with Gasteiger partial charge in [0.2, 0.25) is 0 Å². The maximum absolute atomic E-state index is 8.57. The first-order valence-corrected chi connectivity index (χ1v) is 6.76. The fourth-order valence-electron chi connectivity index (χ4n) is 2.40. The Morgan fingerprint density at radius 1 is 1.26 bits per heavy atom. The molecule has 0 atom stereocenters. The number of anilines is 1. The highest BCUT2D eigenvalue weighted by molar-refractivity contribution is 5.80. The standard InChI is InChI=1S/C14H22N4O/c1-11(2)17-6-8-18(9-7-17)14-5-4-13(10-15-19)12(3)16-14/h4-5,10-11,19H,6-9H2,1-3H3/b15-10-. The minimum atomic E-state index is 0.611. The lowest BCUT2D eigenvalue weighted by Crippen LogP contribution is -2.49. The number of hydrogen-bond acceptors (Lipinski definition) is 5. The van der Waals surface area contributed by atoms with Gasteiger partial charge in [-0.05, 0) is 32.9 Å². The number of piperazine rings is 1. The number of oxime groups is 1. The van der Waals surface area contributed by atoms with Gasteiger partial charge in [-0.15, -0.1) is 0 Å². The van der Waals surface area contributed by atoms with Crippen molar-refractivity contribution < 1.29 is 5.21 Å². The van der Waals surface area contributed by atoms with Gasteiger partial charge in [0.25, 0.3) is 0 Å². The minimum Gasteiger partial charge on any atom is -0.411 e. The predicted molar refractivity (Wildman–Crippen MR) is 77.3 cm³/mol. The van der Waals surface area contributed by atoms with Gasteiger partial charge in [-0.25, -0.2) is 4.98 Å². The Morgan fingerprint density at radius 3 is 2.47 bits per heavy atom. The highest BCUT2D eigenvalue weighted by Crippen LogP contribution is 2.16. The first-order chi connectivity index (χ1) is 9.11. The maximum atomic E-state index is 8.57. The normalized spacial score (nSPS) is 17.6. The fraction of sp³-hybridized carbons (Fsp3) is 0.571. The summed E-state index contributed by atoms with van der Waals surface area (Å²) < 4.78 is 0. The van der Waals surface area contributed by atoms with E-state index in [4.69, 9.17) is 5.21 Å². The molecule has 0 aliphatic carbocycles. The number of nitrogens with zero attached hydrogens (tertiary/aromatic N) is 4. The third-order valence-corrected chi connectivity index (χ3v) is 3.68. The summed E-state index contributed by atoms with van der Waals surface area (Å²) in [7, 11) is 0. The maximum Gasteiger partial charge on any atom is 0.128 e. The second kappa shape index (κ2) is 6.02. The quantitative estimate of drug-likeness (QED) is 0.512.